The Labute approximate surface area is 81.8 Å². The molecule has 0 fully saturated rings. The summed E-state index contributed by atoms with van der Waals surface area (Å²) in [6.07, 6.45) is 0.734. The SMILES string of the molecule is CCC[C@@H](O)c1ccc(=O)oc1CO. The van der Waals surface area contributed by atoms with E-state index in [4.69, 9.17) is 9.52 Å². The summed E-state index contributed by atoms with van der Waals surface area (Å²) in [5.74, 6) is 0.151. The molecule has 4 heteroatoms. The predicted octanol–water partition coefficient (Wildman–Crippen LogP) is 0.966. The average Bonchev–Trinajstić information content (AvgIpc) is 2.17. The zero-order valence-electron chi connectivity index (χ0n) is 8.06. The monoisotopic (exact) mass is 198 g/mol. The van der Waals surface area contributed by atoms with Crippen LogP contribution in [-0.2, 0) is 6.61 Å². The summed E-state index contributed by atoms with van der Waals surface area (Å²) in [5, 5.41) is 18.6. The molecule has 0 aliphatic heterocycles. The molecule has 0 bridgehead atoms. The van der Waals surface area contributed by atoms with Gasteiger partial charge in [0, 0.05) is 11.6 Å². The van der Waals surface area contributed by atoms with Crippen LogP contribution in [0.5, 0.6) is 0 Å². The molecule has 0 unspecified atom stereocenters. The lowest BCUT2D eigenvalue weighted by Crippen LogP contribution is -2.07. The first-order chi connectivity index (χ1) is 6.69. The zero-order valence-corrected chi connectivity index (χ0v) is 8.06. The minimum Gasteiger partial charge on any atom is -0.425 e. The maximum Gasteiger partial charge on any atom is 0.335 e. The van der Waals surface area contributed by atoms with Gasteiger partial charge in [0.25, 0.3) is 0 Å². The van der Waals surface area contributed by atoms with Crippen LogP contribution in [0.1, 0.15) is 37.2 Å². The van der Waals surface area contributed by atoms with Crippen LogP contribution in [0.25, 0.3) is 0 Å². The Morgan fingerprint density at radius 2 is 2.21 bits per heavy atom. The molecule has 0 spiro atoms. The van der Waals surface area contributed by atoms with E-state index in [-0.39, 0.29) is 12.4 Å². The summed E-state index contributed by atoms with van der Waals surface area (Å²) >= 11 is 0. The van der Waals surface area contributed by atoms with Crippen molar-refractivity contribution >= 4 is 0 Å². The van der Waals surface area contributed by atoms with Gasteiger partial charge in [-0.25, -0.2) is 4.79 Å². The Bertz CT molecular complexity index is 342. The van der Waals surface area contributed by atoms with Crippen molar-refractivity contribution in [2.75, 3.05) is 0 Å². The standard InChI is InChI=1S/C10H14O4/c1-2-3-8(12)7-4-5-10(13)14-9(7)6-11/h4-5,8,11-12H,2-3,6H2,1H3/t8-/m1/s1. The fourth-order valence-electron chi connectivity index (χ4n) is 1.31. The second-order valence-electron chi connectivity index (χ2n) is 3.10. The van der Waals surface area contributed by atoms with Gasteiger partial charge < -0.3 is 14.6 Å². The van der Waals surface area contributed by atoms with Crippen molar-refractivity contribution in [3.8, 4) is 0 Å². The largest absolute Gasteiger partial charge is 0.425 e. The first-order valence-corrected chi connectivity index (χ1v) is 4.61. The summed E-state index contributed by atoms with van der Waals surface area (Å²) in [5.41, 5.74) is -0.0181. The highest BCUT2D eigenvalue weighted by Crippen LogP contribution is 2.20. The maximum atomic E-state index is 10.8. The molecule has 0 saturated heterocycles. The van der Waals surface area contributed by atoms with Crippen molar-refractivity contribution in [1.29, 1.82) is 0 Å². The van der Waals surface area contributed by atoms with Gasteiger partial charge in [0.05, 0.1) is 6.10 Å². The molecule has 0 amide bonds. The molecule has 1 aromatic heterocycles. The van der Waals surface area contributed by atoms with Gasteiger partial charge in [-0.1, -0.05) is 13.3 Å². The summed E-state index contributed by atoms with van der Waals surface area (Å²) in [4.78, 5) is 10.8. The summed E-state index contributed by atoms with van der Waals surface area (Å²) < 4.78 is 4.76. The number of aliphatic hydroxyl groups excluding tert-OH is 2. The van der Waals surface area contributed by atoms with Gasteiger partial charge in [-0.15, -0.1) is 0 Å². The van der Waals surface area contributed by atoms with E-state index in [1.54, 1.807) is 0 Å². The Morgan fingerprint density at radius 3 is 2.79 bits per heavy atom. The fourth-order valence-corrected chi connectivity index (χ4v) is 1.31. The van der Waals surface area contributed by atoms with Gasteiger partial charge in [-0.05, 0) is 12.5 Å². The average molecular weight is 198 g/mol. The topological polar surface area (TPSA) is 70.7 Å². The van der Waals surface area contributed by atoms with Crippen molar-refractivity contribution in [3.63, 3.8) is 0 Å². The van der Waals surface area contributed by atoms with Crippen molar-refractivity contribution in [3.05, 3.63) is 33.9 Å². The highest BCUT2D eigenvalue weighted by Gasteiger charge is 2.13. The van der Waals surface area contributed by atoms with Gasteiger partial charge >= 0.3 is 5.63 Å². The van der Waals surface area contributed by atoms with Gasteiger partial charge in [-0.3, -0.25) is 0 Å². The van der Waals surface area contributed by atoms with Gasteiger partial charge in [0.2, 0.25) is 0 Å². The second kappa shape index (κ2) is 4.93. The summed E-state index contributed by atoms with van der Waals surface area (Å²) in [6.45, 7) is 1.58. The molecule has 14 heavy (non-hydrogen) atoms. The van der Waals surface area contributed by atoms with E-state index in [0.717, 1.165) is 6.42 Å². The van der Waals surface area contributed by atoms with Crippen molar-refractivity contribution in [1.82, 2.24) is 0 Å². The van der Waals surface area contributed by atoms with E-state index in [9.17, 15) is 9.90 Å². The third kappa shape index (κ3) is 2.43. The van der Waals surface area contributed by atoms with Crippen LogP contribution in [0.3, 0.4) is 0 Å². The van der Waals surface area contributed by atoms with Crippen LogP contribution in [0.2, 0.25) is 0 Å². The third-order valence-corrected chi connectivity index (χ3v) is 2.01. The first-order valence-electron chi connectivity index (χ1n) is 4.61. The van der Waals surface area contributed by atoms with E-state index < -0.39 is 11.7 Å². The number of hydrogen-bond acceptors (Lipinski definition) is 4. The van der Waals surface area contributed by atoms with Crippen molar-refractivity contribution < 1.29 is 14.6 Å². The zero-order chi connectivity index (χ0) is 10.6. The molecule has 2 N–H and O–H groups in total. The molecule has 0 aliphatic carbocycles. The molecular formula is C10H14O4. The lowest BCUT2D eigenvalue weighted by molar-refractivity contribution is 0.153. The van der Waals surface area contributed by atoms with Crippen molar-refractivity contribution in [2.45, 2.75) is 32.5 Å². The molecule has 78 valence electrons. The predicted molar refractivity (Wildman–Crippen MR) is 50.8 cm³/mol. The van der Waals surface area contributed by atoms with Crippen LogP contribution in [0.15, 0.2) is 21.3 Å². The molecule has 1 atom stereocenters. The van der Waals surface area contributed by atoms with E-state index in [2.05, 4.69) is 0 Å². The van der Waals surface area contributed by atoms with Crippen LogP contribution in [0, 0.1) is 0 Å². The lowest BCUT2D eigenvalue weighted by atomic mass is 10.1. The minimum atomic E-state index is -0.675. The molecule has 1 heterocycles. The van der Waals surface area contributed by atoms with E-state index in [1.807, 2.05) is 6.92 Å². The molecule has 4 nitrogen and oxygen atoms in total. The van der Waals surface area contributed by atoms with Gasteiger partial charge in [-0.2, -0.15) is 0 Å². The van der Waals surface area contributed by atoms with E-state index in [0.29, 0.717) is 12.0 Å². The molecular weight excluding hydrogens is 184 g/mol. The number of rotatable bonds is 4. The lowest BCUT2D eigenvalue weighted by Gasteiger charge is -2.11. The normalized spacial score (nSPS) is 12.8. The molecule has 0 aliphatic rings. The third-order valence-electron chi connectivity index (χ3n) is 2.01. The second-order valence-corrected chi connectivity index (χ2v) is 3.10. The van der Waals surface area contributed by atoms with Crippen LogP contribution >= 0.6 is 0 Å². The minimum absolute atomic E-state index is 0.151. The summed E-state index contributed by atoms with van der Waals surface area (Å²) in [7, 11) is 0. The quantitative estimate of drug-likeness (QED) is 0.756. The number of hydrogen-bond donors (Lipinski definition) is 2. The highest BCUT2D eigenvalue weighted by atomic mass is 16.4. The number of aliphatic hydroxyl groups is 2. The van der Waals surface area contributed by atoms with Gasteiger partial charge in [0.15, 0.2) is 0 Å². The highest BCUT2D eigenvalue weighted by molar-refractivity contribution is 5.18. The Hall–Kier alpha value is -1.13. The molecule has 0 aromatic carbocycles. The molecule has 1 rings (SSSR count). The molecule has 0 radical (unpaired) electrons. The van der Waals surface area contributed by atoms with Crippen LogP contribution < -0.4 is 5.63 Å². The Kier molecular flexibility index (Phi) is 3.85. The molecule has 0 saturated carbocycles. The van der Waals surface area contributed by atoms with Gasteiger partial charge in [0.1, 0.15) is 12.4 Å². The van der Waals surface area contributed by atoms with Crippen LogP contribution in [-0.4, -0.2) is 10.2 Å². The molecule has 1 aromatic rings. The fraction of sp³-hybridized carbons (Fsp3) is 0.500. The van der Waals surface area contributed by atoms with E-state index >= 15 is 0 Å². The van der Waals surface area contributed by atoms with Crippen molar-refractivity contribution in [2.24, 2.45) is 0 Å². The Balaban J connectivity index is 3.01. The smallest absolute Gasteiger partial charge is 0.335 e. The maximum absolute atomic E-state index is 10.8. The summed E-state index contributed by atoms with van der Waals surface area (Å²) in [6, 6.07) is 2.74. The first kappa shape index (κ1) is 10.9. The van der Waals surface area contributed by atoms with E-state index in [1.165, 1.54) is 12.1 Å². The van der Waals surface area contributed by atoms with Crippen LogP contribution in [0.4, 0.5) is 0 Å². The Morgan fingerprint density at radius 1 is 1.50 bits per heavy atom.